The number of carbonyl (C=O) groups is 2. The van der Waals surface area contributed by atoms with Gasteiger partial charge in [-0.15, -0.1) is 11.3 Å². The highest BCUT2D eigenvalue weighted by molar-refractivity contribution is 7.12. The van der Waals surface area contributed by atoms with E-state index < -0.39 is 11.9 Å². The number of aliphatic carboxylic acids is 1. The number of thiophene rings is 1. The van der Waals surface area contributed by atoms with Crippen molar-refractivity contribution in [1.82, 2.24) is 4.90 Å². The summed E-state index contributed by atoms with van der Waals surface area (Å²) in [6.45, 7) is 4.45. The highest BCUT2D eigenvalue weighted by Gasteiger charge is 2.40. The Kier molecular flexibility index (Phi) is 3.71. The monoisotopic (exact) mass is 267 g/mol. The topological polar surface area (TPSA) is 57.6 Å². The van der Waals surface area contributed by atoms with Crippen LogP contribution in [0.5, 0.6) is 0 Å². The quantitative estimate of drug-likeness (QED) is 0.915. The van der Waals surface area contributed by atoms with Gasteiger partial charge in [-0.1, -0.05) is 0 Å². The minimum Gasteiger partial charge on any atom is -0.481 e. The molecule has 4 nitrogen and oxygen atoms in total. The lowest BCUT2D eigenvalue weighted by atomic mass is 9.88. The van der Waals surface area contributed by atoms with E-state index >= 15 is 0 Å². The molecule has 0 aromatic carbocycles. The number of hydrogen-bond donors (Lipinski definition) is 1. The van der Waals surface area contributed by atoms with Crippen molar-refractivity contribution in [3.63, 3.8) is 0 Å². The zero-order valence-electron chi connectivity index (χ0n) is 10.5. The molecule has 1 amide bonds. The van der Waals surface area contributed by atoms with Gasteiger partial charge in [-0.3, -0.25) is 9.59 Å². The molecule has 0 aliphatic carbocycles. The summed E-state index contributed by atoms with van der Waals surface area (Å²) in [6.07, 6.45) is 0.776. The summed E-state index contributed by atoms with van der Waals surface area (Å²) < 4.78 is 0. The smallest absolute Gasteiger partial charge is 0.308 e. The standard InChI is InChI=1S/C13H17NO3S/c1-3-14-11(15)7-5-9(13(16)17)12(14)10-6-4-8(2)18-10/h4,6,9,12H,3,5,7H2,1-2H3,(H,16,17). The van der Waals surface area contributed by atoms with E-state index in [4.69, 9.17) is 0 Å². The first-order chi connectivity index (χ1) is 8.54. The average Bonchev–Trinajstić information content (AvgIpc) is 2.74. The Morgan fingerprint density at radius 2 is 2.28 bits per heavy atom. The van der Waals surface area contributed by atoms with Crippen LogP contribution < -0.4 is 0 Å². The SMILES string of the molecule is CCN1C(=O)CCC(C(=O)O)C1c1ccc(C)s1. The number of aryl methyl sites for hydroxylation is 1. The van der Waals surface area contributed by atoms with Crippen molar-refractivity contribution in [3.05, 3.63) is 21.9 Å². The van der Waals surface area contributed by atoms with E-state index in [1.165, 1.54) is 0 Å². The molecule has 1 aliphatic heterocycles. The lowest BCUT2D eigenvalue weighted by Crippen LogP contribution is -2.44. The van der Waals surface area contributed by atoms with E-state index in [1.807, 2.05) is 26.0 Å². The van der Waals surface area contributed by atoms with Crippen LogP contribution in [0.4, 0.5) is 0 Å². The maximum absolute atomic E-state index is 11.9. The summed E-state index contributed by atoms with van der Waals surface area (Å²) in [4.78, 5) is 27.1. The highest BCUT2D eigenvalue weighted by atomic mass is 32.1. The Morgan fingerprint density at radius 3 is 2.78 bits per heavy atom. The highest BCUT2D eigenvalue weighted by Crippen LogP contribution is 2.39. The first kappa shape index (κ1) is 13.1. The molecule has 1 saturated heterocycles. The molecular weight excluding hydrogens is 250 g/mol. The van der Waals surface area contributed by atoms with Crippen LogP contribution in [0.2, 0.25) is 0 Å². The van der Waals surface area contributed by atoms with Gasteiger partial charge in [-0.05, 0) is 32.4 Å². The minimum absolute atomic E-state index is 0.0612. The van der Waals surface area contributed by atoms with Crippen LogP contribution in [0.1, 0.15) is 35.6 Å². The van der Waals surface area contributed by atoms with Crippen molar-refractivity contribution < 1.29 is 14.7 Å². The Bertz CT molecular complexity index is 467. The number of rotatable bonds is 3. The lowest BCUT2D eigenvalue weighted by molar-refractivity contribution is -0.151. The molecule has 0 saturated carbocycles. The molecule has 0 radical (unpaired) electrons. The van der Waals surface area contributed by atoms with Crippen LogP contribution in [0.15, 0.2) is 12.1 Å². The molecule has 0 spiro atoms. The summed E-state index contributed by atoms with van der Waals surface area (Å²) in [5, 5.41) is 9.34. The van der Waals surface area contributed by atoms with Gasteiger partial charge in [0, 0.05) is 22.7 Å². The summed E-state index contributed by atoms with van der Waals surface area (Å²) in [5.41, 5.74) is 0. The van der Waals surface area contributed by atoms with E-state index in [2.05, 4.69) is 0 Å². The number of piperidine rings is 1. The number of hydrogen-bond acceptors (Lipinski definition) is 3. The molecule has 1 aliphatic rings. The number of amides is 1. The zero-order valence-corrected chi connectivity index (χ0v) is 11.4. The van der Waals surface area contributed by atoms with E-state index in [1.54, 1.807) is 16.2 Å². The van der Waals surface area contributed by atoms with Crippen LogP contribution >= 0.6 is 11.3 Å². The van der Waals surface area contributed by atoms with E-state index in [0.717, 1.165) is 9.75 Å². The second-order valence-electron chi connectivity index (χ2n) is 4.56. The number of carbonyl (C=O) groups excluding carboxylic acids is 1. The summed E-state index contributed by atoms with van der Waals surface area (Å²) in [5.74, 6) is -1.23. The maximum atomic E-state index is 11.9. The second kappa shape index (κ2) is 5.10. The molecule has 5 heteroatoms. The number of nitrogens with zero attached hydrogens (tertiary/aromatic N) is 1. The van der Waals surface area contributed by atoms with Crippen molar-refractivity contribution >= 4 is 23.2 Å². The normalized spacial score (nSPS) is 24.3. The predicted molar refractivity (Wildman–Crippen MR) is 69.5 cm³/mol. The number of carboxylic acids is 1. The van der Waals surface area contributed by atoms with Crippen molar-refractivity contribution in [2.75, 3.05) is 6.54 Å². The van der Waals surface area contributed by atoms with Crippen LogP contribution in [-0.2, 0) is 9.59 Å². The van der Waals surface area contributed by atoms with E-state index in [0.29, 0.717) is 19.4 Å². The Hall–Kier alpha value is -1.36. The fourth-order valence-electron chi connectivity index (χ4n) is 2.55. The molecule has 2 unspecified atom stereocenters. The molecule has 1 fully saturated rings. The average molecular weight is 267 g/mol. The molecule has 1 aromatic heterocycles. The summed E-state index contributed by atoms with van der Waals surface area (Å²) in [7, 11) is 0. The molecule has 2 atom stereocenters. The predicted octanol–water partition coefficient (Wildman–Crippen LogP) is 2.44. The molecule has 2 heterocycles. The van der Waals surface area contributed by atoms with Gasteiger partial charge in [-0.25, -0.2) is 0 Å². The van der Waals surface area contributed by atoms with Crippen LogP contribution in [0.25, 0.3) is 0 Å². The van der Waals surface area contributed by atoms with Crippen LogP contribution in [0, 0.1) is 12.8 Å². The van der Waals surface area contributed by atoms with Gasteiger partial charge < -0.3 is 10.0 Å². The number of carboxylic acid groups (broad SMARTS) is 1. The first-order valence-corrected chi connectivity index (χ1v) is 6.94. The largest absolute Gasteiger partial charge is 0.481 e. The van der Waals surface area contributed by atoms with Gasteiger partial charge in [0.2, 0.25) is 5.91 Å². The fourth-order valence-corrected chi connectivity index (χ4v) is 3.60. The lowest BCUT2D eigenvalue weighted by Gasteiger charge is -2.38. The minimum atomic E-state index is -0.808. The van der Waals surface area contributed by atoms with Gasteiger partial charge >= 0.3 is 5.97 Å². The fraction of sp³-hybridized carbons (Fsp3) is 0.538. The molecule has 2 rings (SSSR count). The number of likely N-dealkylation sites (tertiary alicyclic amines) is 1. The van der Waals surface area contributed by atoms with Crippen molar-refractivity contribution in [2.45, 2.75) is 32.7 Å². The van der Waals surface area contributed by atoms with Gasteiger partial charge in [0.15, 0.2) is 0 Å². The van der Waals surface area contributed by atoms with Gasteiger partial charge in [0.1, 0.15) is 0 Å². The Balaban J connectivity index is 2.39. The summed E-state index contributed by atoms with van der Waals surface area (Å²) in [6, 6.07) is 3.63. The molecule has 1 N–H and O–H groups in total. The second-order valence-corrected chi connectivity index (χ2v) is 5.88. The Labute approximate surface area is 110 Å². The van der Waals surface area contributed by atoms with Crippen LogP contribution in [-0.4, -0.2) is 28.4 Å². The third-order valence-electron chi connectivity index (χ3n) is 3.42. The van der Waals surface area contributed by atoms with E-state index in [9.17, 15) is 14.7 Å². The maximum Gasteiger partial charge on any atom is 0.308 e. The molecule has 1 aromatic rings. The van der Waals surface area contributed by atoms with Crippen molar-refractivity contribution in [2.24, 2.45) is 5.92 Å². The van der Waals surface area contributed by atoms with Gasteiger partial charge in [0.05, 0.1) is 12.0 Å². The first-order valence-electron chi connectivity index (χ1n) is 6.13. The van der Waals surface area contributed by atoms with Gasteiger partial charge in [0.25, 0.3) is 0 Å². The zero-order chi connectivity index (χ0) is 13.3. The van der Waals surface area contributed by atoms with Crippen molar-refractivity contribution in [3.8, 4) is 0 Å². The molecule has 98 valence electrons. The Morgan fingerprint density at radius 1 is 1.56 bits per heavy atom. The molecule has 0 bridgehead atoms. The van der Waals surface area contributed by atoms with Crippen LogP contribution in [0.3, 0.4) is 0 Å². The third kappa shape index (κ3) is 2.27. The van der Waals surface area contributed by atoms with E-state index in [-0.39, 0.29) is 11.9 Å². The summed E-state index contributed by atoms with van der Waals surface area (Å²) >= 11 is 1.58. The van der Waals surface area contributed by atoms with Gasteiger partial charge in [-0.2, -0.15) is 0 Å². The molecule has 18 heavy (non-hydrogen) atoms. The van der Waals surface area contributed by atoms with Crippen molar-refractivity contribution in [1.29, 1.82) is 0 Å². The molecular formula is C13H17NO3S. The third-order valence-corrected chi connectivity index (χ3v) is 4.49.